The number of carbonyl (C=O) groups is 3. The number of rotatable bonds is 9. The van der Waals surface area contributed by atoms with Crippen molar-refractivity contribution in [3.63, 3.8) is 0 Å². The molecule has 2 unspecified atom stereocenters. The number of nitrogens with one attached hydrogen (secondary N) is 2. The highest BCUT2D eigenvalue weighted by molar-refractivity contribution is 8.00. The van der Waals surface area contributed by atoms with Crippen LogP contribution >= 0.6 is 23.1 Å². The number of benzene rings is 1. The van der Waals surface area contributed by atoms with Crippen LogP contribution in [-0.2, 0) is 20.9 Å². The van der Waals surface area contributed by atoms with Gasteiger partial charge in [0, 0.05) is 17.8 Å². The van der Waals surface area contributed by atoms with E-state index in [2.05, 4.69) is 39.9 Å². The van der Waals surface area contributed by atoms with Gasteiger partial charge in [0.15, 0.2) is 5.67 Å². The predicted octanol–water partition coefficient (Wildman–Crippen LogP) is 5.17. The normalized spacial score (nSPS) is 18.2. The fourth-order valence-corrected chi connectivity index (χ4v) is 5.39. The van der Waals surface area contributed by atoms with E-state index in [9.17, 15) is 18.8 Å². The van der Waals surface area contributed by atoms with E-state index in [-0.39, 0.29) is 18.7 Å². The molecule has 39 heavy (non-hydrogen) atoms. The van der Waals surface area contributed by atoms with Gasteiger partial charge in [0.25, 0.3) is 5.91 Å². The molecule has 1 saturated carbocycles. The molecule has 1 saturated heterocycles. The van der Waals surface area contributed by atoms with Gasteiger partial charge in [-0.1, -0.05) is 38.1 Å². The molecule has 2 aromatic rings. The Bertz CT molecular complexity index is 1090. The van der Waals surface area contributed by atoms with E-state index in [0.717, 1.165) is 24.9 Å². The SMILES string of the molecule is CC.CNCc1ccc(-c2scnc2C)cc1.CSC(C)(C)C(NC(=O)C1(F)CC1)C(=O)N1CCCC1C=O. The van der Waals surface area contributed by atoms with Crippen LogP contribution in [0.4, 0.5) is 4.39 Å². The van der Waals surface area contributed by atoms with Crippen molar-refractivity contribution in [2.45, 2.75) is 89.3 Å². The first-order chi connectivity index (χ1) is 18.6. The smallest absolute Gasteiger partial charge is 0.258 e. The fraction of sp³-hybridized carbons (Fsp3) is 0.586. The molecule has 2 N–H and O–H groups in total. The number of aldehydes is 1. The summed E-state index contributed by atoms with van der Waals surface area (Å²) in [4.78, 5) is 43.0. The molecule has 0 radical (unpaired) electrons. The zero-order valence-electron chi connectivity index (χ0n) is 24.2. The maximum atomic E-state index is 13.9. The average Bonchev–Trinajstić information content (AvgIpc) is 3.31. The number of hydrogen-bond acceptors (Lipinski definition) is 7. The molecule has 4 rings (SSSR count). The Morgan fingerprint density at radius 2 is 1.92 bits per heavy atom. The maximum Gasteiger partial charge on any atom is 0.258 e. The van der Waals surface area contributed by atoms with Crippen molar-refractivity contribution in [2.24, 2.45) is 0 Å². The first-order valence-corrected chi connectivity index (χ1v) is 15.6. The molecular formula is C29H43FN4O3S2. The summed E-state index contributed by atoms with van der Waals surface area (Å²) in [6.07, 6.45) is 4.44. The number of alkyl halides is 1. The molecule has 0 spiro atoms. The monoisotopic (exact) mass is 578 g/mol. The molecule has 216 valence electrons. The third kappa shape index (κ3) is 8.59. The third-order valence-electron chi connectivity index (χ3n) is 6.92. The molecule has 0 bridgehead atoms. The summed E-state index contributed by atoms with van der Waals surface area (Å²) in [7, 11) is 1.96. The number of thioether (sulfide) groups is 1. The molecule has 2 amide bonds. The quantitative estimate of drug-likeness (QED) is 0.399. The zero-order chi connectivity index (χ0) is 29.2. The number of aromatic nitrogens is 1. The topological polar surface area (TPSA) is 91.4 Å². The molecule has 7 nitrogen and oxygen atoms in total. The second-order valence-electron chi connectivity index (χ2n) is 10.1. The summed E-state index contributed by atoms with van der Waals surface area (Å²) in [6, 6.07) is 7.35. The molecule has 2 heterocycles. The molecule has 2 atom stereocenters. The van der Waals surface area contributed by atoms with Crippen molar-refractivity contribution in [1.29, 1.82) is 0 Å². The Morgan fingerprint density at radius 1 is 1.28 bits per heavy atom. The maximum absolute atomic E-state index is 13.9. The largest absolute Gasteiger partial charge is 0.340 e. The predicted molar refractivity (Wildman–Crippen MR) is 160 cm³/mol. The lowest BCUT2D eigenvalue weighted by Gasteiger charge is -2.36. The first-order valence-electron chi connectivity index (χ1n) is 13.5. The minimum atomic E-state index is -1.82. The Hall–Kier alpha value is -2.30. The van der Waals surface area contributed by atoms with Crippen molar-refractivity contribution in [3.8, 4) is 10.4 Å². The van der Waals surface area contributed by atoms with E-state index in [1.54, 1.807) is 11.3 Å². The summed E-state index contributed by atoms with van der Waals surface area (Å²) < 4.78 is 13.3. The zero-order valence-corrected chi connectivity index (χ0v) is 25.8. The Morgan fingerprint density at radius 3 is 2.41 bits per heavy atom. The molecule has 10 heteroatoms. The second-order valence-corrected chi connectivity index (χ2v) is 12.4. The summed E-state index contributed by atoms with van der Waals surface area (Å²) in [5.74, 6) is -1.01. The lowest BCUT2D eigenvalue weighted by atomic mass is 10.0. The first kappa shape index (κ1) is 32.9. The number of nitrogens with zero attached hydrogens (tertiary/aromatic N) is 2. The number of aryl methyl sites for hydroxylation is 1. The standard InChI is InChI=1S/C15H23FN2O3S.C12H14N2S.C2H6/c1-14(2,22-3)11(17-13(21)15(16)6-7-15)12(20)18-8-4-5-10(18)9-19;1-9-12(15-8-14-9)11-5-3-10(4-6-11)7-13-2;1-2/h9-11H,4-8H2,1-3H3,(H,17,21);3-6,8,13H,7H2,1-2H3;1-2H3. The van der Waals surface area contributed by atoms with Crippen LogP contribution in [0, 0.1) is 6.92 Å². The minimum absolute atomic E-state index is 0.208. The van der Waals surface area contributed by atoms with Gasteiger partial charge in [-0.25, -0.2) is 9.37 Å². The van der Waals surface area contributed by atoms with E-state index < -0.39 is 28.4 Å². The van der Waals surface area contributed by atoms with Crippen molar-refractivity contribution < 1.29 is 18.8 Å². The van der Waals surface area contributed by atoms with Crippen molar-refractivity contribution >= 4 is 41.2 Å². The van der Waals surface area contributed by atoms with Crippen molar-refractivity contribution in [3.05, 3.63) is 41.0 Å². The van der Waals surface area contributed by atoms with Crippen LogP contribution in [-0.4, -0.2) is 70.3 Å². The molecule has 1 aromatic heterocycles. The molecule has 1 aromatic carbocycles. The second kappa shape index (κ2) is 14.9. The average molecular weight is 579 g/mol. The van der Waals surface area contributed by atoms with Gasteiger partial charge in [-0.2, -0.15) is 11.8 Å². The minimum Gasteiger partial charge on any atom is -0.340 e. The van der Waals surface area contributed by atoms with Gasteiger partial charge in [-0.05, 0) is 70.9 Å². The summed E-state index contributed by atoms with van der Waals surface area (Å²) in [5, 5.41) is 5.73. The van der Waals surface area contributed by atoms with Gasteiger partial charge >= 0.3 is 0 Å². The summed E-state index contributed by atoms with van der Waals surface area (Å²) >= 11 is 3.13. The van der Waals surface area contributed by atoms with E-state index >= 15 is 0 Å². The molecule has 1 aliphatic carbocycles. The van der Waals surface area contributed by atoms with E-state index in [1.807, 2.05) is 53.4 Å². The van der Waals surface area contributed by atoms with Gasteiger partial charge < -0.3 is 20.3 Å². The Balaban J connectivity index is 0.000000273. The number of hydrogen-bond donors (Lipinski definition) is 2. The highest BCUT2D eigenvalue weighted by Gasteiger charge is 2.53. The van der Waals surface area contributed by atoms with E-state index in [0.29, 0.717) is 13.0 Å². The Labute approximate surface area is 240 Å². The Kier molecular flexibility index (Phi) is 12.6. The molecule has 2 aliphatic rings. The highest BCUT2D eigenvalue weighted by atomic mass is 32.2. The lowest BCUT2D eigenvalue weighted by Crippen LogP contribution is -2.59. The fourth-order valence-electron chi connectivity index (χ4n) is 4.18. The van der Waals surface area contributed by atoms with Crippen LogP contribution in [0.1, 0.15) is 64.6 Å². The van der Waals surface area contributed by atoms with Gasteiger partial charge in [0.05, 0.1) is 22.1 Å². The molecule has 2 fully saturated rings. The summed E-state index contributed by atoms with van der Waals surface area (Å²) in [6.45, 7) is 11.1. The molecular weight excluding hydrogens is 535 g/mol. The van der Waals surface area contributed by atoms with Crippen molar-refractivity contribution in [2.75, 3.05) is 19.8 Å². The number of carbonyl (C=O) groups excluding carboxylic acids is 3. The van der Waals surface area contributed by atoms with Crippen LogP contribution in [0.15, 0.2) is 29.8 Å². The van der Waals surface area contributed by atoms with Gasteiger partial charge in [-0.3, -0.25) is 9.59 Å². The molecule has 1 aliphatic heterocycles. The van der Waals surface area contributed by atoms with Crippen LogP contribution in [0.5, 0.6) is 0 Å². The van der Waals surface area contributed by atoms with Crippen molar-refractivity contribution in [1.82, 2.24) is 20.5 Å². The number of thiazole rings is 1. The van der Waals surface area contributed by atoms with E-state index in [4.69, 9.17) is 0 Å². The van der Waals surface area contributed by atoms with Crippen LogP contribution < -0.4 is 10.6 Å². The summed E-state index contributed by atoms with van der Waals surface area (Å²) in [5.41, 5.74) is 3.76. The number of amides is 2. The van der Waals surface area contributed by atoms with Crippen LogP contribution in [0.2, 0.25) is 0 Å². The van der Waals surface area contributed by atoms with Gasteiger partial charge in [0.2, 0.25) is 5.91 Å². The van der Waals surface area contributed by atoms with Crippen LogP contribution in [0.3, 0.4) is 0 Å². The highest BCUT2D eigenvalue weighted by Crippen LogP contribution is 2.40. The lowest BCUT2D eigenvalue weighted by molar-refractivity contribution is -0.140. The third-order valence-corrected chi connectivity index (χ3v) is 9.19. The number of halogens is 1. The van der Waals surface area contributed by atoms with Gasteiger partial charge in [-0.15, -0.1) is 11.3 Å². The van der Waals surface area contributed by atoms with Crippen LogP contribution in [0.25, 0.3) is 10.4 Å². The van der Waals surface area contributed by atoms with Gasteiger partial charge in [0.1, 0.15) is 12.3 Å². The number of likely N-dealkylation sites (tertiary alicyclic amines) is 1. The van der Waals surface area contributed by atoms with E-state index in [1.165, 1.54) is 32.7 Å².